The Bertz CT molecular complexity index is 352. The number of aromatic amines is 1. The van der Waals surface area contributed by atoms with Crippen LogP contribution in [-0.2, 0) is 4.74 Å². The molecule has 0 saturated heterocycles. The van der Waals surface area contributed by atoms with Gasteiger partial charge < -0.3 is 20.7 Å². The van der Waals surface area contributed by atoms with Crippen LogP contribution < -0.4 is 11.1 Å². The molecule has 0 saturated carbocycles. The highest BCUT2D eigenvalue weighted by molar-refractivity contribution is 5.96. The molecule has 4 N–H and O–H groups in total. The van der Waals surface area contributed by atoms with Crippen LogP contribution in [0.2, 0.25) is 0 Å². The van der Waals surface area contributed by atoms with Crippen LogP contribution in [0.4, 0.5) is 5.69 Å². The Hall–Kier alpha value is -1.60. The molecule has 1 rings (SSSR count). The van der Waals surface area contributed by atoms with E-state index < -0.39 is 0 Å². The van der Waals surface area contributed by atoms with E-state index in [1.54, 1.807) is 7.11 Å². The van der Waals surface area contributed by atoms with Crippen molar-refractivity contribution in [2.75, 3.05) is 46.1 Å². The van der Waals surface area contributed by atoms with Gasteiger partial charge in [-0.3, -0.25) is 9.89 Å². The van der Waals surface area contributed by atoms with Crippen LogP contribution in [0.3, 0.4) is 0 Å². The quantitative estimate of drug-likeness (QED) is 0.586. The normalized spacial score (nSPS) is 10.8. The number of nitrogens with one attached hydrogen (secondary N) is 2. The first kappa shape index (κ1) is 13.5. The number of anilines is 1. The lowest BCUT2D eigenvalue weighted by Crippen LogP contribution is -2.34. The molecule has 0 atom stereocenters. The minimum atomic E-state index is -0.236. The SMILES string of the molecule is COCCN(C)CCNC(=O)c1[nH]ncc1N. The van der Waals surface area contributed by atoms with Gasteiger partial charge in [0.25, 0.3) is 5.91 Å². The molecule has 0 aliphatic carbocycles. The topological polar surface area (TPSA) is 96.3 Å². The van der Waals surface area contributed by atoms with E-state index in [9.17, 15) is 4.79 Å². The van der Waals surface area contributed by atoms with E-state index >= 15 is 0 Å². The molecule has 1 aromatic rings. The zero-order chi connectivity index (χ0) is 12.7. The molecule has 1 heterocycles. The Balaban J connectivity index is 2.23. The third-order valence-corrected chi connectivity index (χ3v) is 2.35. The van der Waals surface area contributed by atoms with Crippen molar-refractivity contribution >= 4 is 11.6 Å². The number of amides is 1. The maximum atomic E-state index is 11.6. The summed E-state index contributed by atoms with van der Waals surface area (Å²) in [4.78, 5) is 13.7. The van der Waals surface area contributed by atoms with E-state index in [0.29, 0.717) is 24.5 Å². The number of carbonyl (C=O) groups excluding carboxylic acids is 1. The maximum absolute atomic E-state index is 11.6. The van der Waals surface area contributed by atoms with Gasteiger partial charge >= 0.3 is 0 Å². The maximum Gasteiger partial charge on any atom is 0.271 e. The van der Waals surface area contributed by atoms with Crippen molar-refractivity contribution in [1.82, 2.24) is 20.4 Å². The molecule has 17 heavy (non-hydrogen) atoms. The fraction of sp³-hybridized carbons (Fsp3) is 0.600. The van der Waals surface area contributed by atoms with E-state index in [4.69, 9.17) is 10.5 Å². The van der Waals surface area contributed by atoms with Crippen LogP contribution in [-0.4, -0.2) is 61.4 Å². The van der Waals surface area contributed by atoms with Gasteiger partial charge in [0.15, 0.2) is 0 Å². The van der Waals surface area contributed by atoms with Crippen molar-refractivity contribution in [1.29, 1.82) is 0 Å². The largest absolute Gasteiger partial charge is 0.396 e. The van der Waals surface area contributed by atoms with E-state index in [1.807, 2.05) is 7.05 Å². The van der Waals surface area contributed by atoms with Crippen LogP contribution in [0.25, 0.3) is 0 Å². The van der Waals surface area contributed by atoms with E-state index in [0.717, 1.165) is 13.1 Å². The Morgan fingerprint density at radius 2 is 2.41 bits per heavy atom. The first-order valence-electron chi connectivity index (χ1n) is 5.39. The smallest absolute Gasteiger partial charge is 0.271 e. The summed E-state index contributed by atoms with van der Waals surface area (Å²) in [5, 5.41) is 9.01. The van der Waals surface area contributed by atoms with Gasteiger partial charge in [-0.25, -0.2) is 0 Å². The first-order chi connectivity index (χ1) is 8.15. The second-order valence-electron chi connectivity index (χ2n) is 3.75. The number of hydrogen-bond acceptors (Lipinski definition) is 5. The number of nitrogen functional groups attached to an aromatic ring is 1. The highest BCUT2D eigenvalue weighted by Crippen LogP contribution is 2.04. The zero-order valence-electron chi connectivity index (χ0n) is 10.2. The number of H-pyrrole nitrogens is 1. The van der Waals surface area contributed by atoms with Crippen LogP contribution >= 0.6 is 0 Å². The van der Waals surface area contributed by atoms with Crippen LogP contribution in [0, 0.1) is 0 Å². The number of nitrogens with two attached hydrogens (primary N) is 1. The molecule has 0 bridgehead atoms. The van der Waals surface area contributed by atoms with E-state index in [1.165, 1.54) is 6.20 Å². The molecule has 1 aromatic heterocycles. The molecule has 0 radical (unpaired) electrons. The molecule has 1 amide bonds. The molecule has 7 nitrogen and oxygen atoms in total. The molecule has 0 aliphatic heterocycles. The average Bonchev–Trinajstić information content (AvgIpc) is 2.72. The predicted molar refractivity (Wildman–Crippen MR) is 64.7 cm³/mol. The lowest BCUT2D eigenvalue weighted by molar-refractivity contribution is 0.0943. The summed E-state index contributed by atoms with van der Waals surface area (Å²) in [6, 6.07) is 0. The van der Waals surface area contributed by atoms with Crippen molar-refractivity contribution in [2.24, 2.45) is 0 Å². The highest BCUT2D eigenvalue weighted by Gasteiger charge is 2.10. The summed E-state index contributed by atoms with van der Waals surface area (Å²) in [5.74, 6) is -0.236. The van der Waals surface area contributed by atoms with E-state index in [-0.39, 0.29) is 5.91 Å². The third kappa shape index (κ3) is 4.41. The molecular weight excluding hydrogens is 222 g/mol. The summed E-state index contributed by atoms with van der Waals surface area (Å²) in [5.41, 5.74) is 6.22. The van der Waals surface area contributed by atoms with Crippen LogP contribution in [0.5, 0.6) is 0 Å². The standard InChI is InChI=1S/C10H19N5O2/c1-15(5-6-17-2)4-3-12-10(16)9-8(11)7-13-14-9/h7H,3-6,11H2,1-2H3,(H,12,16)(H,13,14). The Kier molecular flexibility index (Phi) is 5.44. The monoisotopic (exact) mass is 241 g/mol. The molecule has 7 heteroatoms. The van der Waals surface area contributed by atoms with Gasteiger partial charge in [-0.2, -0.15) is 5.10 Å². The number of hydrogen-bond donors (Lipinski definition) is 3. The summed E-state index contributed by atoms with van der Waals surface area (Å²) in [6.45, 7) is 2.82. The fourth-order valence-electron chi connectivity index (χ4n) is 1.28. The Morgan fingerprint density at radius 1 is 1.65 bits per heavy atom. The molecular formula is C10H19N5O2. The summed E-state index contributed by atoms with van der Waals surface area (Å²) in [6.07, 6.45) is 1.42. The lowest BCUT2D eigenvalue weighted by Gasteiger charge is -2.15. The van der Waals surface area contributed by atoms with Crippen LogP contribution in [0.1, 0.15) is 10.5 Å². The molecule has 0 fully saturated rings. The van der Waals surface area contributed by atoms with Crippen molar-refractivity contribution in [3.05, 3.63) is 11.9 Å². The molecule has 0 aliphatic rings. The van der Waals surface area contributed by atoms with Gasteiger partial charge in [0.1, 0.15) is 5.69 Å². The zero-order valence-corrected chi connectivity index (χ0v) is 10.2. The van der Waals surface area contributed by atoms with E-state index in [2.05, 4.69) is 20.4 Å². The molecule has 0 unspecified atom stereocenters. The second-order valence-corrected chi connectivity index (χ2v) is 3.75. The number of ether oxygens (including phenoxy) is 1. The molecule has 0 spiro atoms. The number of likely N-dealkylation sites (N-methyl/N-ethyl adjacent to an activating group) is 1. The average molecular weight is 241 g/mol. The van der Waals surface area contributed by atoms with Gasteiger partial charge in [0.2, 0.25) is 0 Å². The summed E-state index contributed by atoms with van der Waals surface area (Å²) >= 11 is 0. The van der Waals surface area contributed by atoms with Crippen molar-refractivity contribution < 1.29 is 9.53 Å². The number of carbonyl (C=O) groups is 1. The summed E-state index contributed by atoms with van der Waals surface area (Å²) in [7, 11) is 3.63. The van der Waals surface area contributed by atoms with Gasteiger partial charge in [0, 0.05) is 26.7 Å². The number of rotatable bonds is 7. The minimum absolute atomic E-state index is 0.236. The van der Waals surface area contributed by atoms with Crippen molar-refractivity contribution in [3.8, 4) is 0 Å². The fourth-order valence-corrected chi connectivity index (χ4v) is 1.28. The highest BCUT2D eigenvalue weighted by atomic mass is 16.5. The number of nitrogens with zero attached hydrogens (tertiary/aromatic N) is 2. The van der Waals surface area contributed by atoms with Gasteiger partial charge in [-0.05, 0) is 7.05 Å². The summed E-state index contributed by atoms with van der Waals surface area (Å²) < 4.78 is 4.96. The van der Waals surface area contributed by atoms with Gasteiger partial charge in [-0.15, -0.1) is 0 Å². The van der Waals surface area contributed by atoms with Crippen molar-refractivity contribution in [3.63, 3.8) is 0 Å². The van der Waals surface area contributed by atoms with Gasteiger partial charge in [-0.1, -0.05) is 0 Å². The lowest BCUT2D eigenvalue weighted by atomic mass is 10.3. The van der Waals surface area contributed by atoms with Crippen LogP contribution in [0.15, 0.2) is 6.20 Å². The Labute approximate surface area is 100 Å². The minimum Gasteiger partial charge on any atom is -0.396 e. The molecule has 96 valence electrons. The number of methoxy groups -OCH3 is 1. The van der Waals surface area contributed by atoms with Crippen molar-refractivity contribution in [2.45, 2.75) is 0 Å². The molecule has 0 aromatic carbocycles. The number of aromatic nitrogens is 2. The third-order valence-electron chi connectivity index (χ3n) is 2.35. The Morgan fingerprint density at radius 3 is 3.00 bits per heavy atom. The predicted octanol–water partition coefficient (Wildman–Crippen LogP) is -0.700. The first-order valence-corrected chi connectivity index (χ1v) is 5.39. The second kappa shape index (κ2) is 6.87. The van der Waals surface area contributed by atoms with Gasteiger partial charge in [0.05, 0.1) is 18.5 Å².